The molecule has 0 fully saturated rings. The van der Waals surface area contributed by atoms with Crippen LogP contribution in [0.15, 0.2) is 24.3 Å². The van der Waals surface area contributed by atoms with E-state index in [0.29, 0.717) is 6.54 Å². The lowest BCUT2D eigenvalue weighted by Crippen LogP contribution is -2.42. The number of hydrogen-bond donors (Lipinski definition) is 2. The molecule has 1 aromatic carbocycles. The highest BCUT2D eigenvalue weighted by Crippen LogP contribution is 2.42. The third kappa shape index (κ3) is 2.52. The van der Waals surface area contributed by atoms with Crippen molar-refractivity contribution in [2.24, 2.45) is 5.92 Å². The SMILES string of the molecule is CC(C)C(O)CNC1c2ccccc2OC1(C)C. The Hall–Kier alpha value is -1.06. The van der Waals surface area contributed by atoms with Crippen molar-refractivity contribution in [3.8, 4) is 5.75 Å². The molecule has 2 rings (SSSR count). The molecule has 0 radical (unpaired) electrons. The molecule has 0 spiro atoms. The van der Waals surface area contributed by atoms with Gasteiger partial charge in [-0.1, -0.05) is 32.0 Å². The lowest BCUT2D eigenvalue weighted by Gasteiger charge is -2.28. The summed E-state index contributed by atoms with van der Waals surface area (Å²) in [6.45, 7) is 8.79. The van der Waals surface area contributed by atoms with Crippen LogP contribution in [0, 0.1) is 5.92 Å². The molecule has 2 N–H and O–H groups in total. The largest absolute Gasteiger partial charge is 0.486 e. The molecule has 1 heterocycles. The van der Waals surface area contributed by atoms with Gasteiger partial charge < -0.3 is 15.2 Å². The van der Waals surface area contributed by atoms with Crippen molar-refractivity contribution in [2.75, 3.05) is 6.54 Å². The molecule has 1 aromatic rings. The van der Waals surface area contributed by atoms with Crippen molar-refractivity contribution in [2.45, 2.75) is 45.4 Å². The highest BCUT2D eigenvalue weighted by Gasteiger charge is 2.40. The maximum atomic E-state index is 9.90. The van der Waals surface area contributed by atoms with Crippen LogP contribution >= 0.6 is 0 Å². The molecule has 2 unspecified atom stereocenters. The first-order valence-corrected chi connectivity index (χ1v) is 6.61. The summed E-state index contributed by atoms with van der Waals surface area (Å²) in [6, 6.07) is 8.22. The van der Waals surface area contributed by atoms with Gasteiger partial charge in [-0.15, -0.1) is 0 Å². The molecule has 0 saturated carbocycles. The third-order valence-corrected chi connectivity index (χ3v) is 3.60. The molecular formula is C15H23NO2. The molecule has 0 bridgehead atoms. The monoisotopic (exact) mass is 249 g/mol. The maximum absolute atomic E-state index is 9.90. The van der Waals surface area contributed by atoms with E-state index >= 15 is 0 Å². The van der Waals surface area contributed by atoms with Gasteiger partial charge in [-0.05, 0) is 25.8 Å². The van der Waals surface area contributed by atoms with Crippen molar-refractivity contribution in [3.05, 3.63) is 29.8 Å². The Balaban J connectivity index is 2.11. The molecule has 0 saturated heterocycles. The topological polar surface area (TPSA) is 41.5 Å². The zero-order valence-corrected chi connectivity index (χ0v) is 11.6. The van der Waals surface area contributed by atoms with Gasteiger partial charge in [0.05, 0.1) is 12.1 Å². The van der Waals surface area contributed by atoms with Crippen LogP contribution in [-0.4, -0.2) is 23.4 Å². The summed E-state index contributed by atoms with van der Waals surface area (Å²) in [4.78, 5) is 0. The minimum Gasteiger partial charge on any atom is -0.486 e. The summed E-state index contributed by atoms with van der Waals surface area (Å²) in [5.74, 6) is 1.21. The molecule has 2 atom stereocenters. The number of benzene rings is 1. The fourth-order valence-corrected chi connectivity index (χ4v) is 2.36. The molecule has 1 aliphatic rings. The number of rotatable bonds is 4. The second kappa shape index (κ2) is 4.90. The molecule has 0 aliphatic carbocycles. The Kier molecular flexibility index (Phi) is 3.64. The number of aliphatic hydroxyl groups excluding tert-OH is 1. The van der Waals surface area contributed by atoms with Crippen LogP contribution in [0.5, 0.6) is 5.75 Å². The van der Waals surface area contributed by atoms with Gasteiger partial charge in [0, 0.05) is 12.1 Å². The first-order valence-electron chi connectivity index (χ1n) is 6.61. The zero-order valence-electron chi connectivity index (χ0n) is 11.6. The third-order valence-electron chi connectivity index (χ3n) is 3.60. The van der Waals surface area contributed by atoms with Crippen molar-refractivity contribution in [1.29, 1.82) is 0 Å². The quantitative estimate of drug-likeness (QED) is 0.861. The molecule has 18 heavy (non-hydrogen) atoms. The minimum atomic E-state index is -0.325. The highest BCUT2D eigenvalue weighted by molar-refractivity contribution is 5.42. The summed E-state index contributed by atoms with van der Waals surface area (Å²) < 4.78 is 5.96. The van der Waals surface area contributed by atoms with E-state index in [-0.39, 0.29) is 23.7 Å². The number of aliphatic hydroxyl groups is 1. The van der Waals surface area contributed by atoms with Gasteiger partial charge in [0.2, 0.25) is 0 Å². The Morgan fingerprint density at radius 2 is 2.00 bits per heavy atom. The van der Waals surface area contributed by atoms with Gasteiger partial charge >= 0.3 is 0 Å². The zero-order chi connectivity index (χ0) is 13.3. The van der Waals surface area contributed by atoms with Gasteiger partial charge in [0.1, 0.15) is 11.4 Å². The molecule has 1 aliphatic heterocycles. The Labute approximate surface area is 109 Å². The standard InChI is InChI=1S/C15H23NO2/c1-10(2)12(17)9-16-14-11-7-5-6-8-13(11)18-15(14,3)4/h5-8,10,12,14,16-17H,9H2,1-4H3. The van der Waals surface area contributed by atoms with Crippen LogP contribution in [0.3, 0.4) is 0 Å². The van der Waals surface area contributed by atoms with Crippen LogP contribution < -0.4 is 10.1 Å². The predicted molar refractivity (Wildman–Crippen MR) is 72.7 cm³/mol. The number of para-hydroxylation sites is 1. The molecule has 0 amide bonds. The minimum absolute atomic E-state index is 0.127. The first-order chi connectivity index (χ1) is 8.42. The van der Waals surface area contributed by atoms with Gasteiger partial charge in [0.25, 0.3) is 0 Å². The van der Waals surface area contributed by atoms with Crippen molar-refractivity contribution >= 4 is 0 Å². The van der Waals surface area contributed by atoms with Crippen molar-refractivity contribution in [3.63, 3.8) is 0 Å². The van der Waals surface area contributed by atoms with Gasteiger partial charge in [0.15, 0.2) is 0 Å². The second-order valence-corrected chi connectivity index (χ2v) is 5.90. The van der Waals surface area contributed by atoms with E-state index < -0.39 is 0 Å². The lowest BCUT2D eigenvalue weighted by molar-refractivity contribution is 0.0758. The van der Waals surface area contributed by atoms with E-state index in [9.17, 15) is 5.11 Å². The normalized spacial score (nSPS) is 22.7. The molecule has 3 heteroatoms. The Bertz CT molecular complexity index is 415. The smallest absolute Gasteiger partial charge is 0.125 e. The van der Waals surface area contributed by atoms with Crippen molar-refractivity contribution < 1.29 is 9.84 Å². The summed E-state index contributed by atoms with van der Waals surface area (Å²) in [5, 5.41) is 13.3. The lowest BCUT2D eigenvalue weighted by atomic mass is 9.94. The molecule has 3 nitrogen and oxygen atoms in total. The van der Waals surface area contributed by atoms with Crippen LogP contribution in [0.25, 0.3) is 0 Å². The molecule has 100 valence electrons. The first kappa shape index (κ1) is 13.4. The summed E-state index contributed by atoms with van der Waals surface area (Å²) in [5.41, 5.74) is 0.902. The van der Waals surface area contributed by atoms with E-state index in [4.69, 9.17) is 4.74 Å². The van der Waals surface area contributed by atoms with Crippen LogP contribution in [0.2, 0.25) is 0 Å². The van der Waals surface area contributed by atoms with Gasteiger partial charge in [-0.2, -0.15) is 0 Å². The van der Waals surface area contributed by atoms with Crippen LogP contribution in [0.1, 0.15) is 39.3 Å². The Morgan fingerprint density at radius 3 is 2.67 bits per heavy atom. The maximum Gasteiger partial charge on any atom is 0.125 e. The summed E-state index contributed by atoms with van der Waals surface area (Å²) >= 11 is 0. The average molecular weight is 249 g/mol. The number of hydrogen-bond acceptors (Lipinski definition) is 3. The van der Waals surface area contributed by atoms with E-state index in [1.54, 1.807) is 0 Å². The fraction of sp³-hybridized carbons (Fsp3) is 0.600. The fourth-order valence-electron chi connectivity index (χ4n) is 2.36. The van der Waals surface area contributed by atoms with Gasteiger partial charge in [-0.3, -0.25) is 0 Å². The van der Waals surface area contributed by atoms with E-state index in [0.717, 1.165) is 5.75 Å². The van der Waals surface area contributed by atoms with E-state index in [2.05, 4.69) is 25.2 Å². The molecular weight excluding hydrogens is 226 g/mol. The average Bonchev–Trinajstić information content (AvgIpc) is 2.55. The Morgan fingerprint density at radius 1 is 1.33 bits per heavy atom. The summed E-state index contributed by atoms with van der Waals surface area (Å²) in [6.07, 6.45) is -0.325. The van der Waals surface area contributed by atoms with Crippen LogP contribution in [-0.2, 0) is 0 Å². The second-order valence-electron chi connectivity index (χ2n) is 5.90. The highest BCUT2D eigenvalue weighted by atomic mass is 16.5. The van der Waals surface area contributed by atoms with Crippen LogP contribution in [0.4, 0.5) is 0 Å². The predicted octanol–water partition coefficient (Wildman–Crippen LogP) is 2.51. The number of ether oxygens (including phenoxy) is 1. The number of nitrogens with one attached hydrogen (secondary N) is 1. The van der Waals surface area contributed by atoms with E-state index in [1.165, 1.54) is 5.56 Å². The number of fused-ring (bicyclic) bond motifs is 1. The van der Waals surface area contributed by atoms with Crippen molar-refractivity contribution in [1.82, 2.24) is 5.32 Å². The summed E-state index contributed by atoms with van der Waals surface area (Å²) in [7, 11) is 0. The van der Waals surface area contributed by atoms with E-state index in [1.807, 2.05) is 32.0 Å². The van der Waals surface area contributed by atoms with Gasteiger partial charge in [-0.25, -0.2) is 0 Å². The molecule has 0 aromatic heterocycles.